The second kappa shape index (κ2) is 4.71. The molecule has 0 radical (unpaired) electrons. The van der Waals surface area contributed by atoms with Gasteiger partial charge in [0.1, 0.15) is 0 Å². The van der Waals surface area contributed by atoms with Crippen molar-refractivity contribution < 1.29 is 14.6 Å². The molecule has 1 N–H and O–H groups in total. The summed E-state index contributed by atoms with van der Waals surface area (Å²) in [4.78, 5) is 0. The zero-order chi connectivity index (χ0) is 12.5. The van der Waals surface area contributed by atoms with E-state index in [4.69, 9.17) is 9.47 Å². The monoisotopic (exact) mass is 240 g/mol. The molecule has 0 unspecified atom stereocenters. The van der Waals surface area contributed by atoms with Crippen LogP contribution in [0.5, 0.6) is 0 Å². The summed E-state index contributed by atoms with van der Waals surface area (Å²) in [6.07, 6.45) is 6.36. The van der Waals surface area contributed by atoms with Gasteiger partial charge in [-0.3, -0.25) is 0 Å². The van der Waals surface area contributed by atoms with Crippen LogP contribution in [-0.4, -0.2) is 30.2 Å². The number of hydrogen-bond acceptors (Lipinski definition) is 3. The number of fused-ring (bicyclic) bond motifs is 1. The van der Waals surface area contributed by atoms with Crippen molar-refractivity contribution in [3.05, 3.63) is 12.7 Å². The van der Waals surface area contributed by atoms with Crippen molar-refractivity contribution in [3.8, 4) is 0 Å². The molecule has 1 aliphatic carbocycles. The normalized spacial score (nSPS) is 40.6. The first-order chi connectivity index (χ1) is 8.03. The highest BCUT2D eigenvalue weighted by Gasteiger charge is 2.48. The van der Waals surface area contributed by atoms with E-state index in [-0.39, 0.29) is 18.1 Å². The summed E-state index contributed by atoms with van der Waals surface area (Å²) in [6.45, 7) is 8.84. The van der Waals surface area contributed by atoms with E-state index >= 15 is 0 Å². The Kier molecular flexibility index (Phi) is 3.62. The molecule has 2 fully saturated rings. The maximum absolute atomic E-state index is 9.28. The van der Waals surface area contributed by atoms with Gasteiger partial charge in [0.25, 0.3) is 0 Å². The van der Waals surface area contributed by atoms with Crippen LogP contribution in [0, 0.1) is 11.3 Å². The smallest absolute Gasteiger partial charge is 0.163 e. The van der Waals surface area contributed by atoms with E-state index in [0.717, 1.165) is 25.7 Å². The number of ether oxygens (including phenoxy) is 2. The summed E-state index contributed by atoms with van der Waals surface area (Å²) < 4.78 is 11.8. The fraction of sp³-hybridized carbons (Fsp3) is 0.857. The molecular weight excluding hydrogens is 216 g/mol. The molecule has 0 aromatic heterocycles. The van der Waals surface area contributed by atoms with Gasteiger partial charge < -0.3 is 14.6 Å². The Morgan fingerprint density at radius 3 is 2.88 bits per heavy atom. The van der Waals surface area contributed by atoms with Crippen molar-refractivity contribution in [2.75, 3.05) is 13.2 Å². The predicted molar refractivity (Wildman–Crippen MR) is 66.6 cm³/mol. The molecule has 0 spiro atoms. The van der Waals surface area contributed by atoms with Gasteiger partial charge in [0.15, 0.2) is 5.79 Å². The van der Waals surface area contributed by atoms with Crippen molar-refractivity contribution >= 4 is 0 Å². The molecule has 1 aliphatic heterocycles. The Balaban J connectivity index is 2.18. The van der Waals surface area contributed by atoms with Crippen LogP contribution < -0.4 is 0 Å². The molecule has 3 heteroatoms. The van der Waals surface area contributed by atoms with Gasteiger partial charge in [-0.1, -0.05) is 6.08 Å². The van der Waals surface area contributed by atoms with E-state index < -0.39 is 5.79 Å². The first kappa shape index (κ1) is 13.1. The number of aliphatic hydroxyl groups is 1. The number of allylic oxidation sites excluding steroid dienone is 1. The summed E-state index contributed by atoms with van der Waals surface area (Å²) in [5.41, 5.74) is -0.00579. The molecule has 0 bridgehead atoms. The molecular formula is C14H24O3. The third kappa shape index (κ3) is 2.42. The van der Waals surface area contributed by atoms with Crippen LogP contribution in [-0.2, 0) is 9.47 Å². The minimum Gasteiger partial charge on any atom is -0.396 e. The van der Waals surface area contributed by atoms with Crippen LogP contribution >= 0.6 is 0 Å². The lowest BCUT2D eigenvalue weighted by Gasteiger charge is -2.52. The summed E-state index contributed by atoms with van der Waals surface area (Å²) >= 11 is 0. The standard InChI is InChI=1S/C14H24O3/c1-4-14(8-9-15)7-5-6-12-11(14)10-16-13(2,3)17-12/h4,11-12,15H,1,5-10H2,2-3H3/t11-,12-,14-/m0/s1. The van der Waals surface area contributed by atoms with Crippen LogP contribution in [0.25, 0.3) is 0 Å². The van der Waals surface area contributed by atoms with Crippen molar-refractivity contribution in [1.82, 2.24) is 0 Å². The average molecular weight is 240 g/mol. The van der Waals surface area contributed by atoms with E-state index in [1.54, 1.807) is 0 Å². The summed E-state index contributed by atoms with van der Waals surface area (Å²) in [7, 11) is 0. The van der Waals surface area contributed by atoms with Crippen molar-refractivity contribution in [2.45, 2.75) is 51.4 Å². The fourth-order valence-corrected chi connectivity index (χ4v) is 3.37. The Labute approximate surface area is 104 Å². The molecule has 3 atom stereocenters. The molecule has 2 aliphatic rings. The summed E-state index contributed by atoms with van der Waals surface area (Å²) in [6, 6.07) is 0. The lowest BCUT2D eigenvalue weighted by atomic mass is 9.63. The summed E-state index contributed by atoms with van der Waals surface area (Å²) in [5, 5.41) is 9.28. The molecule has 3 nitrogen and oxygen atoms in total. The highest BCUT2D eigenvalue weighted by atomic mass is 16.7. The van der Waals surface area contributed by atoms with E-state index in [9.17, 15) is 5.11 Å². The number of hydrogen-bond donors (Lipinski definition) is 1. The van der Waals surface area contributed by atoms with E-state index in [0.29, 0.717) is 12.5 Å². The largest absolute Gasteiger partial charge is 0.396 e. The van der Waals surface area contributed by atoms with Crippen LogP contribution in [0.4, 0.5) is 0 Å². The van der Waals surface area contributed by atoms with Gasteiger partial charge in [-0.25, -0.2) is 0 Å². The van der Waals surface area contributed by atoms with Gasteiger partial charge in [-0.15, -0.1) is 6.58 Å². The first-order valence-corrected chi connectivity index (χ1v) is 6.59. The minimum absolute atomic E-state index is 0.00579. The third-order valence-corrected chi connectivity index (χ3v) is 4.35. The van der Waals surface area contributed by atoms with Crippen molar-refractivity contribution in [2.24, 2.45) is 11.3 Å². The quantitative estimate of drug-likeness (QED) is 0.770. The van der Waals surface area contributed by atoms with Gasteiger partial charge in [-0.2, -0.15) is 0 Å². The highest BCUT2D eigenvalue weighted by molar-refractivity contribution is 5.05. The second-order valence-corrected chi connectivity index (χ2v) is 5.78. The Hall–Kier alpha value is -0.380. The molecule has 98 valence electrons. The number of rotatable bonds is 3. The van der Waals surface area contributed by atoms with Crippen molar-refractivity contribution in [3.63, 3.8) is 0 Å². The molecule has 0 aromatic rings. The molecule has 1 saturated carbocycles. The molecule has 0 aromatic carbocycles. The third-order valence-electron chi connectivity index (χ3n) is 4.35. The van der Waals surface area contributed by atoms with Crippen LogP contribution in [0.1, 0.15) is 39.5 Å². The maximum Gasteiger partial charge on any atom is 0.163 e. The van der Waals surface area contributed by atoms with Gasteiger partial charge in [0.2, 0.25) is 0 Å². The van der Waals surface area contributed by atoms with Gasteiger partial charge in [0.05, 0.1) is 12.7 Å². The Morgan fingerprint density at radius 2 is 2.24 bits per heavy atom. The minimum atomic E-state index is -0.468. The topological polar surface area (TPSA) is 38.7 Å². The van der Waals surface area contributed by atoms with Gasteiger partial charge in [0, 0.05) is 12.5 Å². The van der Waals surface area contributed by atoms with E-state index in [1.807, 2.05) is 19.9 Å². The lowest BCUT2D eigenvalue weighted by molar-refractivity contribution is -0.311. The molecule has 1 saturated heterocycles. The molecule has 17 heavy (non-hydrogen) atoms. The zero-order valence-electron chi connectivity index (χ0n) is 10.9. The molecule has 1 heterocycles. The SMILES string of the molecule is C=C[C@@]1(CCO)CCC[C@@H]2OC(C)(C)OC[C@@H]21. The number of aliphatic hydroxyl groups excluding tert-OH is 1. The Morgan fingerprint density at radius 1 is 1.47 bits per heavy atom. The van der Waals surface area contributed by atoms with E-state index in [1.165, 1.54) is 0 Å². The summed E-state index contributed by atoms with van der Waals surface area (Å²) in [5.74, 6) is -0.126. The fourth-order valence-electron chi connectivity index (χ4n) is 3.37. The van der Waals surface area contributed by atoms with Crippen molar-refractivity contribution in [1.29, 1.82) is 0 Å². The zero-order valence-corrected chi connectivity index (χ0v) is 10.9. The second-order valence-electron chi connectivity index (χ2n) is 5.78. The van der Waals surface area contributed by atoms with Crippen LogP contribution in [0.15, 0.2) is 12.7 Å². The predicted octanol–water partition coefficient (Wildman–Crippen LogP) is 2.49. The maximum atomic E-state index is 9.28. The van der Waals surface area contributed by atoms with Crippen LogP contribution in [0.2, 0.25) is 0 Å². The van der Waals surface area contributed by atoms with Gasteiger partial charge in [-0.05, 0) is 44.9 Å². The Bertz CT molecular complexity index is 283. The van der Waals surface area contributed by atoms with E-state index in [2.05, 4.69) is 6.58 Å². The van der Waals surface area contributed by atoms with Crippen LogP contribution in [0.3, 0.4) is 0 Å². The highest BCUT2D eigenvalue weighted by Crippen LogP contribution is 2.49. The molecule has 0 amide bonds. The average Bonchev–Trinajstić information content (AvgIpc) is 2.28. The lowest BCUT2D eigenvalue weighted by Crippen LogP contribution is -2.53. The molecule has 2 rings (SSSR count). The first-order valence-electron chi connectivity index (χ1n) is 6.59. The van der Waals surface area contributed by atoms with Gasteiger partial charge >= 0.3 is 0 Å².